The summed E-state index contributed by atoms with van der Waals surface area (Å²) in [4.78, 5) is 26.6. The number of carbonyl (C=O) groups excluding carboxylic acids is 2. The quantitative estimate of drug-likeness (QED) is 0.932. The Kier molecular flexibility index (Phi) is 4.65. The van der Waals surface area contributed by atoms with Crippen molar-refractivity contribution in [3.8, 4) is 0 Å². The fourth-order valence-corrected chi connectivity index (χ4v) is 2.99. The molecular weight excluding hydrogens is 300 g/mol. The maximum Gasteiger partial charge on any atom is 0.255 e. The lowest BCUT2D eigenvalue weighted by Crippen LogP contribution is -2.38. The average Bonchev–Trinajstić information content (AvgIpc) is 2.61. The van der Waals surface area contributed by atoms with E-state index in [0.29, 0.717) is 11.3 Å². The highest BCUT2D eigenvalue weighted by Gasteiger charge is 2.24. The highest BCUT2D eigenvalue weighted by Crippen LogP contribution is 2.31. The Bertz CT molecular complexity index is 753. The summed E-state index contributed by atoms with van der Waals surface area (Å²) in [5.41, 5.74) is 3.41. The van der Waals surface area contributed by atoms with Crippen LogP contribution in [0.25, 0.3) is 0 Å². The number of carbonyl (C=O) groups is 2. The molecule has 24 heavy (non-hydrogen) atoms. The number of nitrogens with one attached hydrogen (secondary N) is 1. The van der Waals surface area contributed by atoms with Gasteiger partial charge in [0.1, 0.15) is 0 Å². The maximum atomic E-state index is 12.5. The van der Waals surface area contributed by atoms with Crippen LogP contribution in [-0.2, 0) is 11.2 Å². The Hall–Kier alpha value is -2.62. The number of benzene rings is 2. The van der Waals surface area contributed by atoms with E-state index in [-0.39, 0.29) is 17.7 Å². The molecule has 1 aliphatic rings. The van der Waals surface area contributed by atoms with E-state index in [0.717, 1.165) is 30.6 Å². The van der Waals surface area contributed by atoms with E-state index in [1.807, 2.05) is 55.1 Å². The predicted molar refractivity (Wildman–Crippen MR) is 96.3 cm³/mol. The van der Waals surface area contributed by atoms with Crippen molar-refractivity contribution < 1.29 is 9.59 Å². The lowest BCUT2D eigenvalue weighted by Gasteiger charge is -2.31. The number of nitrogens with zero attached hydrogens (tertiary/aromatic N) is 1. The topological polar surface area (TPSA) is 49.4 Å². The SMILES string of the molecule is CC(C)C(=O)N1CCCc2ccc(NC(=O)c3ccccc3)cc21. The monoisotopic (exact) mass is 322 g/mol. The summed E-state index contributed by atoms with van der Waals surface area (Å²) in [6.45, 7) is 4.56. The molecule has 0 saturated carbocycles. The Morgan fingerprint density at radius 3 is 2.54 bits per heavy atom. The lowest BCUT2D eigenvalue weighted by atomic mass is 9.99. The van der Waals surface area contributed by atoms with E-state index in [1.165, 1.54) is 0 Å². The molecule has 2 aromatic carbocycles. The molecule has 0 bridgehead atoms. The normalized spacial score (nSPS) is 13.5. The zero-order valence-electron chi connectivity index (χ0n) is 14.1. The van der Waals surface area contributed by atoms with Crippen molar-refractivity contribution in [3.05, 3.63) is 59.7 Å². The molecule has 4 heteroatoms. The number of anilines is 2. The molecule has 0 aromatic heterocycles. The van der Waals surface area contributed by atoms with Gasteiger partial charge in [-0.05, 0) is 42.7 Å². The summed E-state index contributed by atoms with van der Waals surface area (Å²) in [6, 6.07) is 14.9. The Balaban J connectivity index is 1.86. The largest absolute Gasteiger partial charge is 0.322 e. The summed E-state index contributed by atoms with van der Waals surface area (Å²) in [5.74, 6) is -0.0610. The van der Waals surface area contributed by atoms with Crippen molar-refractivity contribution in [1.29, 1.82) is 0 Å². The van der Waals surface area contributed by atoms with Crippen LogP contribution in [0.2, 0.25) is 0 Å². The number of rotatable bonds is 3. The smallest absolute Gasteiger partial charge is 0.255 e. The molecule has 0 saturated heterocycles. The van der Waals surface area contributed by atoms with Crippen molar-refractivity contribution in [2.45, 2.75) is 26.7 Å². The van der Waals surface area contributed by atoms with Gasteiger partial charge < -0.3 is 10.2 Å². The number of aryl methyl sites for hydroxylation is 1. The summed E-state index contributed by atoms with van der Waals surface area (Å²) < 4.78 is 0. The first kappa shape index (κ1) is 16.2. The van der Waals surface area contributed by atoms with Crippen LogP contribution in [0.3, 0.4) is 0 Å². The summed E-state index contributed by atoms with van der Waals surface area (Å²) in [7, 11) is 0. The van der Waals surface area contributed by atoms with Gasteiger partial charge in [-0.25, -0.2) is 0 Å². The minimum Gasteiger partial charge on any atom is -0.322 e. The molecule has 0 radical (unpaired) electrons. The van der Waals surface area contributed by atoms with Crippen molar-refractivity contribution in [2.24, 2.45) is 5.92 Å². The van der Waals surface area contributed by atoms with Crippen molar-refractivity contribution in [2.75, 3.05) is 16.8 Å². The first-order valence-electron chi connectivity index (χ1n) is 8.37. The van der Waals surface area contributed by atoms with E-state index in [9.17, 15) is 9.59 Å². The maximum absolute atomic E-state index is 12.5. The minimum absolute atomic E-state index is 0.0430. The molecule has 2 aromatic rings. The van der Waals surface area contributed by atoms with Gasteiger partial charge in [-0.3, -0.25) is 9.59 Å². The molecule has 0 fully saturated rings. The van der Waals surface area contributed by atoms with Crippen molar-refractivity contribution >= 4 is 23.2 Å². The molecule has 0 unspecified atom stereocenters. The van der Waals surface area contributed by atoms with Crippen LogP contribution in [0.4, 0.5) is 11.4 Å². The third-order valence-corrected chi connectivity index (χ3v) is 4.26. The Labute approximate surface area is 142 Å². The van der Waals surface area contributed by atoms with Gasteiger partial charge in [0, 0.05) is 29.4 Å². The third-order valence-electron chi connectivity index (χ3n) is 4.26. The fourth-order valence-electron chi connectivity index (χ4n) is 2.99. The first-order chi connectivity index (χ1) is 11.6. The standard InChI is InChI=1S/C20H22N2O2/c1-14(2)20(24)22-12-6-9-15-10-11-17(13-18(15)22)21-19(23)16-7-4-3-5-8-16/h3-5,7-8,10-11,13-14H,6,9,12H2,1-2H3,(H,21,23). The van der Waals surface area contributed by atoms with Gasteiger partial charge in [0.2, 0.25) is 5.91 Å². The molecule has 1 aliphatic heterocycles. The van der Waals surface area contributed by atoms with E-state index >= 15 is 0 Å². The Morgan fingerprint density at radius 2 is 1.83 bits per heavy atom. The van der Waals surface area contributed by atoms with E-state index < -0.39 is 0 Å². The lowest BCUT2D eigenvalue weighted by molar-refractivity contribution is -0.121. The van der Waals surface area contributed by atoms with E-state index in [4.69, 9.17) is 0 Å². The average molecular weight is 322 g/mol. The van der Waals surface area contributed by atoms with Gasteiger partial charge in [0.25, 0.3) is 5.91 Å². The highest BCUT2D eigenvalue weighted by atomic mass is 16.2. The van der Waals surface area contributed by atoms with Gasteiger partial charge in [-0.15, -0.1) is 0 Å². The van der Waals surface area contributed by atoms with E-state index in [2.05, 4.69) is 5.32 Å². The molecule has 0 aliphatic carbocycles. The number of hydrogen-bond donors (Lipinski definition) is 1. The molecule has 0 spiro atoms. The van der Waals surface area contributed by atoms with E-state index in [1.54, 1.807) is 12.1 Å². The second kappa shape index (κ2) is 6.87. The van der Waals surface area contributed by atoms with Gasteiger partial charge in [0.15, 0.2) is 0 Å². The van der Waals surface area contributed by atoms with Gasteiger partial charge in [0.05, 0.1) is 0 Å². The zero-order valence-corrected chi connectivity index (χ0v) is 14.1. The minimum atomic E-state index is -0.145. The molecule has 2 amide bonds. The Morgan fingerprint density at radius 1 is 1.08 bits per heavy atom. The fraction of sp³-hybridized carbons (Fsp3) is 0.300. The van der Waals surface area contributed by atoms with Gasteiger partial charge >= 0.3 is 0 Å². The molecule has 3 rings (SSSR count). The van der Waals surface area contributed by atoms with Crippen molar-refractivity contribution in [1.82, 2.24) is 0 Å². The van der Waals surface area contributed by atoms with Crippen LogP contribution in [0.5, 0.6) is 0 Å². The number of hydrogen-bond acceptors (Lipinski definition) is 2. The first-order valence-corrected chi connectivity index (χ1v) is 8.37. The predicted octanol–water partition coefficient (Wildman–Crippen LogP) is 3.87. The van der Waals surface area contributed by atoms with Crippen LogP contribution in [-0.4, -0.2) is 18.4 Å². The second-order valence-electron chi connectivity index (χ2n) is 6.41. The molecular formula is C20H22N2O2. The summed E-state index contributed by atoms with van der Waals surface area (Å²) in [5, 5.41) is 2.92. The molecule has 4 nitrogen and oxygen atoms in total. The molecule has 1 heterocycles. The highest BCUT2D eigenvalue weighted by molar-refractivity contribution is 6.05. The molecule has 124 valence electrons. The number of amides is 2. The van der Waals surface area contributed by atoms with Crippen molar-refractivity contribution in [3.63, 3.8) is 0 Å². The van der Waals surface area contributed by atoms with Crippen LogP contribution in [0, 0.1) is 5.92 Å². The van der Waals surface area contributed by atoms with Gasteiger partial charge in [-0.2, -0.15) is 0 Å². The van der Waals surface area contributed by atoms with Crippen LogP contribution >= 0.6 is 0 Å². The van der Waals surface area contributed by atoms with Crippen LogP contribution < -0.4 is 10.2 Å². The summed E-state index contributed by atoms with van der Waals surface area (Å²) in [6.07, 6.45) is 1.94. The van der Waals surface area contributed by atoms with Crippen LogP contribution in [0.1, 0.15) is 36.2 Å². The molecule has 0 atom stereocenters. The third kappa shape index (κ3) is 3.32. The zero-order chi connectivity index (χ0) is 17.1. The summed E-state index contributed by atoms with van der Waals surface area (Å²) >= 11 is 0. The second-order valence-corrected chi connectivity index (χ2v) is 6.41. The van der Waals surface area contributed by atoms with Crippen LogP contribution in [0.15, 0.2) is 48.5 Å². The number of fused-ring (bicyclic) bond motifs is 1. The van der Waals surface area contributed by atoms with Gasteiger partial charge in [-0.1, -0.05) is 38.1 Å². The molecule has 1 N–H and O–H groups in total.